The smallest absolute Gasteiger partial charge is 0.322 e. The molecule has 4 aromatic carbocycles. The van der Waals surface area contributed by atoms with Crippen LogP contribution in [0.3, 0.4) is 0 Å². The molecule has 35 heavy (non-hydrogen) atoms. The summed E-state index contributed by atoms with van der Waals surface area (Å²) in [6, 6.07) is 32.1. The van der Waals surface area contributed by atoms with Crippen LogP contribution in [0.1, 0.15) is 17.5 Å². The van der Waals surface area contributed by atoms with Gasteiger partial charge in [-0.3, -0.25) is 9.59 Å². The summed E-state index contributed by atoms with van der Waals surface area (Å²) in [6.07, 6.45) is -0.533. The molecule has 0 saturated heterocycles. The molecule has 168 valence electrons. The van der Waals surface area contributed by atoms with E-state index in [0.717, 1.165) is 22.3 Å². The number of carbonyl (C=O) groups is 2. The van der Waals surface area contributed by atoms with Gasteiger partial charge in [0.2, 0.25) is 0 Å². The summed E-state index contributed by atoms with van der Waals surface area (Å²) in [6.45, 7) is 0. The third-order valence-electron chi connectivity index (χ3n) is 5.16. The zero-order valence-corrected chi connectivity index (χ0v) is 18.5. The van der Waals surface area contributed by atoms with Crippen LogP contribution in [0, 0.1) is 22.7 Å². The van der Waals surface area contributed by atoms with Crippen LogP contribution >= 0.6 is 0 Å². The van der Waals surface area contributed by atoms with Crippen molar-refractivity contribution in [2.45, 2.75) is 6.42 Å². The number of benzene rings is 4. The lowest BCUT2D eigenvalue weighted by atomic mass is 10.0. The van der Waals surface area contributed by atoms with Gasteiger partial charge in [-0.1, -0.05) is 48.5 Å². The molecule has 0 aliphatic carbocycles. The maximum absolute atomic E-state index is 12.2. The monoisotopic (exact) mass is 458 g/mol. The van der Waals surface area contributed by atoms with Crippen molar-refractivity contribution in [3.05, 3.63) is 108 Å². The maximum atomic E-state index is 12.2. The topological polar surface area (TPSA) is 100 Å². The maximum Gasteiger partial charge on any atom is 0.322 e. The second-order valence-electron chi connectivity index (χ2n) is 7.55. The second kappa shape index (κ2) is 10.6. The summed E-state index contributed by atoms with van der Waals surface area (Å²) in [5, 5.41) is 17.8. The molecule has 0 aliphatic rings. The quantitative estimate of drug-likeness (QED) is 0.210. The molecular weight excluding hydrogens is 440 g/mol. The molecule has 0 aromatic heterocycles. The second-order valence-corrected chi connectivity index (χ2v) is 7.55. The Morgan fingerprint density at radius 1 is 0.514 bits per heavy atom. The van der Waals surface area contributed by atoms with E-state index in [9.17, 15) is 9.59 Å². The van der Waals surface area contributed by atoms with Gasteiger partial charge in [0.15, 0.2) is 0 Å². The fourth-order valence-corrected chi connectivity index (χ4v) is 3.36. The van der Waals surface area contributed by atoms with Gasteiger partial charge in [-0.2, -0.15) is 10.5 Å². The van der Waals surface area contributed by atoms with Crippen molar-refractivity contribution in [1.82, 2.24) is 0 Å². The highest BCUT2D eigenvalue weighted by Crippen LogP contribution is 2.24. The van der Waals surface area contributed by atoms with Crippen LogP contribution < -0.4 is 9.47 Å². The number of carbonyl (C=O) groups excluding carboxylic acids is 2. The predicted molar refractivity (Wildman–Crippen MR) is 129 cm³/mol. The standard InChI is InChI=1S/C29H18N2O4/c30-18-20-1-5-22(6-2-20)24-9-13-26(14-10-24)34-28(32)17-29(33)35-27-15-11-25(12-16-27)23-7-3-21(19-31)4-8-23/h1-16H,17H2. The number of hydrogen-bond acceptors (Lipinski definition) is 6. The van der Waals surface area contributed by atoms with Crippen molar-refractivity contribution in [3.8, 4) is 45.9 Å². The number of ether oxygens (including phenoxy) is 2. The normalized spacial score (nSPS) is 10.0. The third-order valence-corrected chi connectivity index (χ3v) is 5.16. The van der Waals surface area contributed by atoms with Gasteiger partial charge in [0.1, 0.15) is 17.9 Å². The summed E-state index contributed by atoms with van der Waals surface area (Å²) in [4.78, 5) is 24.3. The van der Waals surface area contributed by atoms with Crippen LogP contribution in [0.5, 0.6) is 11.5 Å². The summed E-state index contributed by atoms with van der Waals surface area (Å²) in [5.74, 6) is -0.829. The number of hydrogen-bond donors (Lipinski definition) is 0. The number of rotatable bonds is 6. The molecule has 6 heteroatoms. The lowest BCUT2D eigenvalue weighted by Gasteiger charge is -2.08. The van der Waals surface area contributed by atoms with Crippen LogP contribution in [-0.4, -0.2) is 11.9 Å². The number of esters is 2. The van der Waals surface area contributed by atoms with Gasteiger partial charge in [0.05, 0.1) is 23.3 Å². The van der Waals surface area contributed by atoms with Crippen LogP contribution in [0.25, 0.3) is 22.3 Å². The molecule has 0 radical (unpaired) electrons. The minimum absolute atomic E-state index is 0.312. The third kappa shape index (κ3) is 5.98. The zero-order valence-electron chi connectivity index (χ0n) is 18.5. The first-order valence-electron chi connectivity index (χ1n) is 10.7. The SMILES string of the molecule is N#Cc1ccc(-c2ccc(OC(=O)CC(=O)Oc3ccc(-c4ccc(C#N)cc4)cc3)cc2)cc1. The highest BCUT2D eigenvalue weighted by Gasteiger charge is 2.14. The zero-order chi connectivity index (χ0) is 24.6. The van der Waals surface area contributed by atoms with E-state index in [1.807, 2.05) is 24.3 Å². The molecule has 0 amide bonds. The molecule has 0 atom stereocenters. The minimum Gasteiger partial charge on any atom is -0.426 e. The molecule has 0 saturated carbocycles. The van der Waals surface area contributed by atoms with E-state index in [2.05, 4.69) is 12.1 Å². The highest BCUT2D eigenvalue weighted by molar-refractivity contribution is 5.93. The van der Waals surface area contributed by atoms with Crippen molar-refractivity contribution >= 4 is 11.9 Å². The van der Waals surface area contributed by atoms with Gasteiger partial charge in [-0.25, -0.2) is 0 Å². The Bertz CT molecular complexity index is 1310. The average molecular weight is 458 g/mol. The van der Waals surface area contributed by atoms with Crippen LogP contribution in [0.4, 0.5) is 0 Å². The summed E-state index contributed by atoms with van der Waals surface area (Å²) < 4.78 is 10.5. The highest BCUT2D eigenvalue weighted by atomic mass is 16.6. The average Bonchev–Trinajstić information content (AvgIpc) is 2.89. The summed E-state index contributed by atoms with van der Waals surface area (Å²) in [5.41, 5.74) is 4.81. The molecular formula is C29H18N2O4. The van der Waals surface area contributed by atoms with Crippen molar-refractivity contribution in [1.29, 1.82) is 10.5 Å². The minimum atomic E-state index is -0.727. The van der Waals surface area contributed by atoms with Crippen molar-refractivity contribution in [2.24, 2.45) is 0 Å². The van der Waals surface area contributed by atoms with Gasteiger partial charge in [-0.15, -0.1) is 0 Å². The summed E-state index contributed by atoms with van der Waals surface area (Å²) in [7, 11) is 0. The Morgan fingerprint density at radius 2 is 0.800 bits per heavy atom. The lowest BCUT2D eigenvalue weighted by molar-refractivity contribution is -0.144. The largest absolute Gasteiger partial charge is 0.426 e. The Hall–Kier alpha value is -5.20. The first-order chi connectivity index (χ1) is 17.0. The van der Waals surface area contributed by atoms with E-state index in [1.54, 1.807) is 72.8 Å². The Morgan fingerprint density at radius 3 is 1.09 bits per heavy atom. The molecule has 0 N–H and O–H groups in total. The van der Waals surface area contributed by atoms with Crippen LogP contribution in [0.2, 0.25) is 0 Å². The van der Waals surface area contributed by atoms with E-state index >= 15 is 0 Å². The van der Waals surface area contributed by atoms with Crippen LogP contribution in [0.15, 0.2) is 97.1 Å². The fourth-order valence-electron chi connectivity index (χ4n) is 3.36. The van der Waals surface area contributed by atoms with Gasteiger partial charge < -0.3 is 9.47 Å². The first-order valence-corrected chi connectivity index (χ1v) is 10.7. The molecule has 0 fully saturated rings. The molecule has 4 aromatic rings. The van der Waals surface area contributed by atoms with Crippen LogP contribution in [-0.2, 0) is 9.59 Å². The molecule has 0 aliphatic heterocycles. The molecule has 0 heterocycles. The fraction of sp³-hybridized carbons (Fsp3) is 0.0345. The van der Waals surface area contributed by atoms with Crippen molar-refractivity contribution < 1.29 is 19.1 Å². The Kier molecular flexibility index (Phi) is 6.97. The van der Waals surface area contributed by atoms with E-state index in [4.69, 9.17) is 20.0 Å². The van der Waals surface area contributed by atoms with E-state index in [0.29, 0.717) is 22.6 Å². The van der Waals surface area contributed by atoms with Gasteiger partial charge in [-0.05, 0) is 70.8 Å². The van der Waals surface area contributed by atoms with Gasteiger partial charge in [0, 0.05) is 0 Å². The number of nitrogens with zero attached hydrogens (tertiary/aromatic N) is 2. The van der Waals surface area contributed by atoms with Crippen molar-refractivity contribution in [3.63, 3.8) is 0 Å². The van der Waals surface area contributed by atoms with Crippen molar-refractivity contribution in [2.75, 3.05) is 0 Å². The van der Waals surface area contributed by atoms with E-state index < -0.39 is 18.4 Å². The lowest BCUT2D eigenvalue weighted by Crippen LogP contribution is -2.18. The molecule has 4 rings (SSSR count). The van der Waals surface area contributed by atoms with E-state index in [-0.39, 0.29) is 0 Å². The van der Waals surface area contributed by atoms with E-state index in [1.165, 1.54) is 0 Å². The Labute approximate surface area is 202 Å². The first kappa shape index (κ1) is 23.0. The molecule has 6 nitrogen and oxygen atoms in total. The van der Waals surface area contributed by atoms with Gasteiger partial charge in [0.25, 0.3) is 0 Å². The molecule has 0 unspecified atom stereocenters. The number of nitriles is 2. The Balaban J connectivity index is 1.30. The van der Waals surface area contributed by atoms with Gasteiger partial charge >= 0.3 is 11.9 Å². The molecule has 0 bridgehead atoms. The summed E-state index contributed by atoms with van der Waals surface area (Å²) >= 11 is 0. The predicted octanol–water partition coefficient (Wildman–Crippen LogP) is 5.67. The molecule has 0 spiro atoms.